The highest BCUT2D eigenvalue weighted by Crippen LogP contribution is 2.28. The second-order valence-electron chi connectivity index (χ2n) is 6.04. The van der Waals surface area contributed by atoms with E-state index in [-0.39, 0.29) is 12.6 Å². The molecule has 0 aliphatic carbocycles. The number of halogens is 2. The minimum atomic E-state index is -0.246. The minimum absolute atomic E-state index is 0.175. The molecule has 7 nitrogen and oxygen atoms in total. The van der Waals surface area contributed by atoms with E-state index in [0.29, 0.717) is 23.0 Å². The van der Waals surface area contributed by atoms with Gasteiger partial charge in [-0.25, -0.2) is 4.68 Å². The largest absolute Gasteiger partial charge is 0.470 e. The maximum Gasteiger partial charge on any atom is 0.272 e. The van der Waals surface area contributed by atoms with Gasteiger partial charge in [-0.15, -0.1) is 0 Å². The molecule has 3 aromatic rings. The Hall–Kier alpha value is -2.32. The zero-order valence-electron chi connectivity index (χ0n) is 15.2. The van der Waals surface area contributed by atoms with Gasteiger partial charge < -0.3 is 10.1 Å². The van der Waals surface area contributed by atoms with E-state index in [1.807, 2.05) is 20.9 Å². The predicted octanol–water partition coefficient (Wildman–Crippen LogP) is 3.62. The van der Waals surface area contributed by atoms with Crippen molar-refractivity contribution < 1.29 is 9.53 Å². The number of ether oxygens (including phenoxy) is 1. The second kappa shape index (κ2) is 8.14. The number of hydrogen-bond acceptors (Lipinski definition) is 4. The van der Waals surface area contributed by atoms with Gasteiger partial charge in [0.2, 0.25) is 0 Å². The van der Waals surface area contributed by atoms with E-state index >= 15 is 0 Å². The Bertz CT molecular complexity index is 982. The molecule has 0 saturated heterocycles. The van der Waals surface area contributed by atoms with E-state index in [2.05, 4.69) is 31.4 Å². The molecule has 0 saturated carbocycles. The summed E-state index contributed by atoms with van der Waals surface area (Å²) in [6, 6.07) is 6.91. The van der Waals surface area contributed by atoms with Crippen LogP contribution in [0.3, 0.4) is 0 Å². The Labute approximate surface area is 170 Å². The average Bonchev–Trinajstić information content (AvgIpc) is 3.18. The maximum absolute atomic E-state index is 12.3. The van der Waals surface area contributed by atoms with E-state index in [1.54, 1.807) is 39.8 Å². The van der Waals surface area contributed by atoms with Crippen molar-refractivity contribution in [2.24, 2.45) is 7.05 Å². The quantitative estimate of drug-likeness (QED) is 0.620. The number of rotatable bonds is 6. The van der Waals surface area contributed by atoms with Crippen LogP contribution in [-0.2, 0) is 20.3 Å². The predicted molar refractivity (Wildman–Crippen MR) is 106 cm³/mol. The molecule has 1 amide bonds. The van der Waals surface area contributed by atoms with Gasteiger partial charge in [0.05, 0.1) is 10.2 Å². The number of nitrogens with zero attached hydrogens (tertiary/aromatic N) is 4. The van der Waals surface area contributed by atoms with Gasteiger partial charge in [0.25, 0.3) is 5.91 Å². The van der Waals surface area contributed by atoms with Gasteiger partial charge in [-0.1, -0.05) is 11.6 Å². The Morgan fingerprint density at radius 3 is 2.74 bits per heavy atom. The van der Waals surface area contributed by atoms with E-state index < -0.39 is 0 Å². The molecule has 0 radical (unpaired) electrons. The van der Waals surface area contributed by atoms with E-state index in [4.69, 9.17) is 16.3 Å². The molecule has 0 bridgehead atoms. The van der Waals surface area contributed by atoms with Gasteiger partial charge >= 0.3 is 0 Å². The van der Waals surface area contributed by atoms with Crippen molar-refractivity contribution in [1.29, 1.82) is 0 Å². The molecule has 27 heavy (non-hydrogen) atoms. The van der Waals surface area contributed by atoms with Crippen LogP contribution in [0, 0.1) is 13.8 Å². The van der Waals surface area contributed by atoms with Gasteiger partial charge in [0.15, 0.2) is 6.73 Å². The van der Waals surface area contributed by atoms with Crippen LogP contribution in [0.15, 0.2) is 34.9 Å². The molecular formula is C18H19BrClN5O2. The third kappa shape index (κ3) is 4.51. The van der Waals surface area contributed by atoms with Crippen molar-refractivity contribution in [3.63, 3.8) is 0 Å². The SMILES string of the molecule is Cc1nn(C)c(C)c1CNC(=O)c1ccn(COc2ccc(Cl)cc2Br)n1. The van der Waals surface area contributed by atoms with Gasteiger partial charge in [-0.05, 0) is 54.0 Å². The molecule has 0 unspecified atom stereocenters. The number of nitrogens with one attached hydrogen (secondary N) is 1. The van der Waals surface area contributed by atoms with Crippen LogP contribution in [0.1, 0.15) is 27.4 Å². The van der Waals surface area contributed by atoms with Crippen LogP contribution in [0.2, 0.25) is 5.02 Å². The highest BCUT2D eigenvalue weighted by Gasteiger charge is 2.13. The van der Waals surface area contributed by atoms with Crippen molar-refractivity contribution >= 4 is 33.4 Å². The first-order valence-corrected chi connectivity index (χ1v) is 9.41. The molecule has 0 spiro atoms. The Morgan fingerprint density at radius 1 is 1.30 bits per heavy atom. The van der Waals surface area contributed by atoms with Gasteiger partial charge in [-0.3, -0.25) is 9.48 Å². The molecule has 142 valence electrons. The standard InChI is InChI=1S/C18H19BrClN5O2/c1-11-14(12(2)24(3)22-11)9-21-18(26)16-6-7-25(23-16)10-27-17-5-4-13(20)8-15(17)19/h4-8H,9-10H2,1-3H3,(H,21,26). The summed E-state index contributed by atoms with van der Waals surface area (Å²) >= 11 is 9.31. The first kappa shape index (κ1) is 19.4. The van der Waals surface area contributed by atoms with Crippen LogP contribution >= 0.6 is 27.5 Å². The van der Waals surface area contributed by atoms with E-state index in [1.165, 1.54) is 0 Å². The number of benzene rings is 1. The number of carbonyl (C=O) groups is 1. The number of aryl methyl sites for hydroxylation is 2. The van der Waals surface area contributed by atoms with Crippen molar-refractivity contribution in [3.05, 3.63) is 62.6 Å². The third-order valence-corrected chi connectivity index (χ3v) is 5.06. The molecule has 0 atom stereocenters. The molecule has 2 aromatic heterocycles. The van der Waals surface area contributed by atoms with Gasteiger partial charge in [-0.2, -0.15) is 10.2 Å². The van der Waals surface area contributed by atoms with E-state index in [0.717, 1.165) is 21.4 Å². The first-order valence-electron chi connectivity index (χ1n) is 8.23. The maximum atomic E-state index is 12.3. The summed E-state index contributed by atoms with van der Waals surface area (Å²) in [5.74, 6) is 0.396. The summed E-state index contributed by atoms with van der Waals surface area (Å²) in [5, 5.41) is 12.1. The van der Waals surface area contributed by atoms with Gasteiger partial charge in [0, 0.05) is 36.1 Å². The average molecular weight is 453 g/mol. The molecule has 0 aliphatic rings. The van der Waals surface area contributed by atoms with Crippen LogP contribution in [-0.4, -0.2) is 25.5 Å². The zero-order chi connectivity index (χ0) is 19.6. The monoisotopic (exact) mass is 451 g/mol. The van der Waals surface area contributed by atoms with Crippen LogP contribution in [0.25, 0.3) is 0 Å². The topological polar surface area (TPSA) is 74.0 Å². The first-order chi connectivity index (χ1) is 12.8. The Balaban J connectivity index is 1.58. The lowest BCUT2D eigenvalue weighted by Crippen LogP contribution is -2.24. The summed E-state index contributed by atoms with van der Waals surface area (Å²) in [5.41, 5.74) is 3.28. The Kier molecular flexibility index (Phi) is 5.86. The van der Waals surface area contributed by atoms with Crippen molar-refractivity contribution in [3.8, 4) is 5.75 Å². The summed E-state index contributed by atoms with van der Waals surface area (Å²) in [7, 11) is 1.88. The number of amides is 1. The summed E-state index contributed by atoms with van der Waals surface area (Å²) in [4.78, 5) is 12.3. The molecule has 1 aromatic carbocycles. The van der Waals surface area contributed by atoms with Crippen molar-refractivity contribution in [2.75, 3.05) is 0 Å². The number of aromatic nitrogens is 4. The zero-order valence-corrected chi connectivity index (χ0v) is 17.5. The summed E-state index contributed by atoms with van der Waals surface area (Å²) in [6.07, 6.45) is 1.69. The summed E-state index contributed by atoms with van der Waals surface area (Å²) in [6.45, 7) is 4.48. The highest BCUT2D eigenvalue weighted by molar-refractivity contribution is 9.10. The molecule has 0 fully saturated rings. The second-order valence-corrected chi connectivity index (χ2v) is 7.34. The number of carbonyl (C=O) groups excluding carboxylic acids is 1. The highest BCUT2D eigenvalue weighted by atomic mass is 79.9. The van der Waals surface area contributed by atoms with Crippen molar-refractivity contribution in [2.45, 2.75) is 27.1 Å². The lowest BCUT2D eigenvalue weighted by Gasteiger charge is -2.08. The lowest BCUT2D eigenvalue weighted by molar-refractivity contribution is 0.0943. The fraction of sp³-hybridized carbons (Fsp3) is 0.278. The Morgan fingerprint density at radius 2 is 2.07 bits per heavy atom. The minimum Gasteiger partial charge on any atom is -0.470 e. The number of hydrogen-bond donors (Lipinski definition) is 1. The third-order valence-electron chi connectivity index (χ3n) is 4.20. The lowest BCUT2D eigenvalue weighted by atomic mass is 10.2. The van der Waals surface area contributed by atoms with Crippen LogP contribution in [0.5, 0.6) is 5.75 Å². The molecule has 2 heterocycles. The normalized spacial score (nSPS) is 10.9. The van der Waals surface area contributed by atoms with E-state index in [9.17, 15) is 4.79 Å². The fourth-order valence-corrected chi connectivity index (χ4v) is 3.41. The molecule has 9 heteroatoms. The molecule has 1 N–H and O–H groups in total. The molecular weight excluding hydrogens is 434 g/mol. The molecule has 0 aliphatic heterocycles. The molecule has 3 rings (SSSR count). The van der Waals surface area contributed by atoms with Gasteiger partial charge in [0.1, 0.15) is 11.4 Å². The van der Waals surface area contributed by atoms with Crippen LogP contribution in [0.4, 0.5) is 0 Å². The van der Waals surface area contributed by atoms with Crippen LogP contribution < -0.4 is 10.1 Å². The summed E-state index contributed by atoms with van der Waals surface area (Å²) < 4.78 is 9.79. The fourth-order valence-electron chi connectivity index (χ4n) is 2.62. The van der Waals surface area contributed by atoms with Crippen molar-refractivity contribution in [1.82, 2.24) is 24.9 Å². The smallest absolute Gasteiger partial charge is 0.272 e.